The van der Waals surface area contributed by atoms with Gasteiger partial charge in [-0.3, -0.25) is 4.79 Å². The standard InChI is InChI=1S/C21H28F2N6O.ClH/c1-28(2)18-12-19(29(3)4)27-21(26-18)25-15-8-6-14(7-9-15)24-20(30)13-5-10-16(22)17(23)11-13;/h5,10-12,14-15H,6-9H2,1-4H3,(H,24,30)(H,25,26,27);1H. The maximum Gasteiger partial charge on any atom is 0.251 e. The third-order valence-corrected chi connectivity index (χ3v) is 5.19. The van der Waals surface area contributed by atoms with Crippen LogP contribution in [0.15, 0.2) is 24.3 Å². The molecular weight excluding hydrogens is 426 g/mol. The summed E-state index contributed by atoms with van der Waals surface area (Å²) in [6.07, 6.45) is 3.24. The van der Waals surface area contributed by atoms with Crippen LogP contribution < -0.4 is 20.4 Å². The summed E-state index contributed by atoms with van der Waals surface area (Å²) in [7, 11) is 7.75. The van der Waals surface area contributed by atoms with E-state index in [0.717, 1.165) is 49.5 Å². The minimum absolute atomic E-state index is 0. The molecule has 31 heavy (non-hydrogen) atoms. The molecule has 0 saturated heterocycles. The average Bonchev–Trinajstić information content (AvgIpc) is 2.71. The average molecular weight is 455 g/mol. The Balaban J connectivity index is 0.00000341. The van der Waals surface area contributed by atoms with Gasteiger partial charge in [0.05, 0.1) is 0 Å². The first-order valence-corrected chi connectivity index (χ1v) is 9.99. The van der Waals surface area contributed by atoms with Crippen LogP contribution in [0.3, 0.4) is 0 Å². The molecule has 10 heteroatoms. The summed E-state index contributed by atoms with van der Waals surface area (Å²) in [4.78, 5) is 25.3. The van der Waals surface area contributed by atoms with Crippen LogP contribution in [-0.2, 0) is 0 Å². The maximum atomic E-state index is 13.4. The van der Waals surface area contributed by atoms with Crippen LogP contribution in [0, 0.1) is 11.6 Å². The predicted octanol–water partition coefficient (Wildman–Crippen LogP) is 3.46. The van der Waals surface area contributed by atoms with Gasteiger partial charge in [0.1, 0.15) is 11.6 Å². The molecule has 1 aromatic heterocycles. The normalized spacial score (nSPS) is 18.0. The van der Waals surface area contributed by atoms with Gasteiger partial charge in [-0.1, -0.05) is 0 Å². The lowest BCUT2D eigenvalue weighted by Crippen LogP contribution is -2.40. The number of nitrogens with zero attached hydrogens (tertiary/aromatic N) is 4. The van der Waals surface area contributed by atoms with Crippen molar-refractivity contribution in [3.05, 3.63) is 41.5 Å². The van der Waals surface area contributed by atoms with Crippen LogP contribution in [0.4, 0.5) is 26.4 Å². The van der Waals surface area contributed by atoms with Crippen molar-refractivity contribution in [2.45, 2.75) is 37.8 Å². The summed E-state index contributed by atoms with van der Waals surface area (Å²) < 4.78 is 26.4. The fraction of sp³-hybridized carbons (Fsp3) is 0.476. The Morgan fingerprint density at radius 3 is 1.97 bits per heavy atom. The van der Waals surface area contributed by atoms with Crippen molar-refractivity contribution in [2.75, 3.05) is 43.3 Å². The van der Waals surface area contributed by atoms with Gasteiger partial charge in [0.25, 0.3) is 5.91 Å². The van der Waals surface area contributed by atoms with Gasteiger partial charge in [0, 0.05) is 51.9 Å². The number of nitrogens with one attached hydrogen (secondary N) is 2. The van der Waals surface area contributed by atoms with E-state index in [4.69, 9.17) is 0 Å². The summed E-state index contributed by atoms with van der Waals surface area (Å²) in [6.45, 7) is 0. The first-order valence-electron chi connectivity index (χ1n) is 9.99. The minimum Gasteiger partial charge on any atom is -0.363 e. The number of halogens is 3. The molecule has 1 heterocycles. The fourth-order valence-corrected chi connectivity index (χ4v) is 3.42. The fourth-order valence-electron chi connectivity index (χ4n) is 3.42. The van der Waals surface area contributed by atoms with Gasteiger partial charge in [0.2, 0.25) is 5.95 Å². The Morgan fingerprint density at radius 2 is 1.45 bits per heavy atom. The van der Waals surface area contributed by atoms with Gasteiger partial charge in [0.15, 0.2) is 11.6 Å². The lowest BCUT2D eigenvalue weighted by Gasteiger charge is -2.30. The van der Waals surface area contributed by atoms with Crippen molar-refractivity contribution >= 4 is 35.9 Å². The molecule has 3 rings (SSSR count). The van der Waals surface area contributed by atoms with Gasteiger partial charge >= 0.3 is 0 Å². The molecule has 7 nitrogen and oxygen atoms in total. The quantitative estimate of drug-likeness (QED) is 0.696. The highest BCUT2D eigenvalue weighted by Crippen LogP contribution is 2.24. The molecule has 1 saturated carbocycles. The third kappa shape index (κ3) is 6.40. The van der Waals surface area contributed by atoms with Gasteiger partial charge in [-0.15, -0.1) is 12.4 Å². The van der Waals surface area contributed by atoms with Crippen LogP contribution in [0.5, 0.6) is 0 Å². The zero-order chi connectivity index (χ0) is 21.8. The summed E-state index contributed by atoms with van der Waals surface area (Å²) in [5.74, 6) is -0.141. The predicted molar refractivity (Wildman–Crippen MR) is 121 cm³/mol. The number of hydrogen-bond donors (Lipinski definition) is 2. The van der Waals surface area contributed by atoms with E-state index >= 15 is 0 Å². The summed E-state index contributed by atoms with van der Waals surface area (Å²) in [5.41, 5.74) is 0.124. The maximum absolute atomic E-state index is 13.4. The number of aromatic nitrogens is 2. The van der Waals surface area contributed by atoms with E-state index in [9.17, 15) is 13.6 Å². The number of rotatable bonds is 6. The molecule has 170 valence electrons. The highest BCUT2D eigenvalue weighted by atomic mass is 35.5. The summed E-state index contributed by atoms with van der Waals surface area (Å²) in [6, 6.07) is 5.31. The molecule has 1 fully saturated rings. The van der Waals surface area contributed by atoms with E-state index in [2.05, 4.69) is 20.6 Å². The molecule has 0 bridgehead atoms. The van der Waals surface area contributed by atoms with E-state index in [-0.39, 0.29) is 36.0 Å². The van der Waals surface area contributed by atoms with Gasteiger partial charge in [-0.05, 0) is 43.9 Å². The first kappa shape index (κ1) is 24.6. The molecule has 2 N–H and O–H groups in total. The molecular formula is C21H29ClF2N6O. The van der Waals surface area contributed by atoms with Crippen molar-refractivity contribution < 1.29 is 13.6 Å². The molecule has 0 unspecified atom stereocenters. The Labute approximate surface area is 187 Å². The van der Waals surface area contributed by atoms with Crippen LogP contribution >= 0.6 is 12.4 Å². The van der Waals surface area contributed by atoms with Gasteiger partial charge in [-0.2, -0.15) is 9.97 Å². The molecule has 1 aliphatic rings. The molecule has 0 spiro atoms. The van der Waals surface area contributed by atoms with E-state index in [1.54, 1.807) is 0 Å². The zero-order valence-corrected chi connectivity index (χ0v) is 19.0. The minimum atomic E-state index is -1.02. The van der Waals surface area contributed by atoms with Crippen LogP contribution in [0.2, 0.25) is 0 Å². The zero-order valence-electron chi connectivity index (χ0n) is 18.2. The largest absolute Gasteiger partial charge is 0.363 e. The number of benzene rings is 1. The molecule has 0 aliphatic heterocycles. The smallest absolute Gasteiger partial charge is 0.251 e. The second-order valence-corrected chi connectivity index (χ2v) is 7.99. The highest BCUT2D eigenvalue weighted by molar-refractivity contribution is 5.94. The Hall–Kier alpha value is -2.68. The molecule has 1 aliphatic carbocycles. The van der Waals surface area contributed by atoms with Crippen molar-refractivity contribution in [3.63, 3.8) is 0 Å². The molecule has 2 aromatic rings. The molecule has 1 amide bonds. The second kappa shape index (κ2) is 10.6. The van der Waals surface area contributed by atoms with Crippen molar-refractivity contribution in [1.82, 2.24) is 15.3 Å². The number of carbonyl (C=O) groups is 1. The van der Waals surface area contributed by atoms with Crippen molar-refractivity contribution in [1.29, 1.82) is 0 Å². The molecule has 1 aromatic carbocycles. The van der Waals surface area contributed by atoms with Crippen molar-refractivity contribution in [3.8, 4) is 0 Å². The van der Waals surface area contributed by atoms with E-state index in [0.29, 0.717) is 5.95 Å². The number of hydrogen-bond acceptors (Lipinski definition) is 6. The highest BCUT2D eigenvalue weighted by Gasteiger charge is 2.24. The van der Waals surface area contributed by atoms with Crippen LogP contribution in [-0.4, -0.2) is 56.1 Å². The van der Waals surface area contributed by atoms with Gasteiger partial charge in [-0.25, -0.2) is 8.78 Å². The SMILES string of the molecule is CN(C)c1cc(N(C)C)nc(NC2CCC(NC(=O)c3ccc(F)c(F)c3)CC2)n1.Cl. The van der Waals surface area contributed by atoms with E-state index < -0.39 is 11.6 Å². The first-order chi connectivity index (χ1) is 14.2. The van der Waals surface area contributed by atoms with Gasteiger partial charge < -0.3 is 20.4 Å². The Morgan fingerprint density at radius 1 is 0.903 bits per heavy atom. The monoisotopic (exact) mass is 454 g/mol. The summed E-state index contributed by atoms with van der Waals surface area (Å²) in [5, 5.41) is 6.33. The topological polar surface area (TPSA) is 73.4 Å². The van der Waals surface area contributed by atoms with Crippen LogP contribution in [0.1, 0.15) is 36.0 Å². The lowest BCUT2D eigenvalue weighted by molar-refractivity contribution is 0.0926. The second-order valence-electron chi connectivity index (χ2n) is 7.99. The molecule has 0 radical (unpaired) electrons. The van der Waals surface area contributed by atoms with Crippen LogP contribution in [0.25, 0.3) is 0 Å². The van der Waals surface area contributed by atoms with E-state index in [1.165, 1.54) is 6.07 Å². The Kier molecular flexibility index (Phi) is 8.38. The van der Waals surface area contributed by atoms with E-state index in [1.807, 2.05) is 44.1 Å². The molecule has 0 atom stereocenters. The summed E-state index contributed by atoms with van der Waals surface area (Å²) >= 11 is 0. The lowest BCUT2D eigenvalue weighted by atomic mass is 9.91. The number of carbonyl (C=O) groups excluding carboxylic acids is 1. The third-order valence-electron chi connectivity index (χ3n) is 5.19. The number of amides is 1. The Bertz CT molecular complexity index is 877. The number of anilines is 3. The van der Waals surface area contributed by atoms with Crippen molar-refractivity contribution in [2.24, 2.45) is 0 Å².